The molecule has 4 atom stereocenters. The van der Waals surface area contributed by atoms with Gasteiger partial charge < -0.3 is 44.6 Å². The smallest absolute Gasteiger partial charge is 0.407 e. The molecule has 0 bridgehead atoms. The second kappa shape index (κ2) is 17.4. The van der Waals surface area contributed by atoms with Crippen molar-refractivity contribution in [3.05, 3.63) is 72.7 Å². The number of hydrogen-bond acceptors (Lipinski definition) is 11. The van der Waals surface area contributed by atoms with Gasteiger partial charge in [0.2, 0.25) is 11.8 Å². The van der Waals surface area contributed by atoms with Gasteiger partial charge in [0.15, 0.2) is 0 Å². The van der Waals surface area contributed by atoms with Gasteiger partial charge in [-0.05, 0) is 49.3 Å². The zero-order valence-corrected chi connectivity index (χ0v) is 33.2. The fourth-order valence-corrected chi connectivity index (χ4v) is 7.70. The van der Waals surface area contributed by atoms with Crippen LogP contribution in [0.1, 0.15) is 63.3 Å². The van der Waals surface area contributed by atoms with Gasteiger partial charge in [0.05, 0.1) is 79.6 Å². The van der Waals surface area contributed by atoms with E-state index in [1.165, 1.54) is 21.3 Å². The summed E-state index contributed by atoms with van der Waals surface area (Å²) in [4.78, 5) is 80.1. The monoisotopic (exact) mass is 792 g/mol. The van der Waals surface area contributed by atoms with Crippen LogP contribution in [0.3, 0.4) is 0 Å². The molecule has 0 unspecified atom stereocenters. The van der Waals surface area contributed by atoms with Crippen molar-refractivity contribution >= 4 is 35.0 Å². The first-order chi connectivity index (χ1) is 28.1. The van der Waals surface area contributed by atoms with E-state index in [0.717, 1.165) is 59.1 Å². The Balaban J connectivity index is 1.01. The molecule has 17 nitrogen and oxygen atoms in total. The molecule has 58 heavy (non-hydrogen) atoms. The molecule has 2 saturated heterocycles. The van der Waals surface area contributed by atoms with Crippen molar-refractivity contribution in [2.75, 3.05) is 41.0 Å². The van der Waals surface area contributed by atoms with E-state index in [1.807, 2.05) is 56.3 Å². The van der Waals surface area contributed by atoms with Gasteiger partial charge in [0, 0.05) is 31.3 Å². The molecule has 5 aromatic rings. The maximum atomic E-state index is 13.5. The lowest BCUT2D eigenvalue weighted by atomic mass is 10.0. The Hall–Kier alpha value is -6.36. The molecule has 3 aromatic heterocycles. The van der Waals surface area contributed by atoms with Crippen molar-refractivity contribution in [2.45, 2.75) is 63.7 Å². The second-order valence-corrected chi connectivity index (χ2v) is 14.8. The summed E-state index contributed by atoms with van der Waals surface area (Å²) >= 11 is 0. The second-order valence-electron chi connectivity index (χ2n) is 14.8. The molecule has 7 rings (SSSR count). The number of H-pyrrole nitrogens is 2. The van der Waals surface area contributed by atoms with Crippen molar-refractivity contribution in [3.63, 3.8) is 0 Å². The van der Waals surface area contributed by atoms with Crippen molar-refractivity contribution < 1.29 is 33.4 Å². The van der Waals surface area contributed by atoms with Crippen molar-refractivity contribution in [1.29, 1.82) is 0 Å². The predicted octanol–water partition coefficient (Wildman–Crippen LogP) is 5.16. The minimum atomic E-state index is -0.880. The van der Waals surface area contributed by atoms with Crippen molar-refractivity contribution in [1.82, 2.24) is 50.3 Å². The summed E-state index contributed by atoms with van der Waals surface area (Å²) in [6.07, 6.45) is 7.05. The summed E-state index contributed by atoms with van der Waals surface area (Å²) in [6.45, 7) is 4.91. The minimum Gasteiger partial charge on any atom is -0.453 e. The summed E-state index contributed by atoms with van der Waals surface area (Å²) in [5.41, 5.74) is 6.48. The molecule has 4 N–H and O–H groups in total. The lowest BCUT2D eigenvalue weighted by Gasteiger charge is -2.30. The number of carbonyl (C=O) groups excluding carboxylic acids is 4. The predicted molar refractivity (Wildman–Crippen MR) is 213 cm³/mol. The first-order valence-corrected chi connectivity index (χ1v) is 19.3. The molecule has 2 aliphatic rings. The van der Waals surface area contributed by atoms with Crippen LogP contribution in [0, 0.1) is 5.92 Å². The number of imidazole rings is 2. The Morgan fingerprint density at radius 2 is 1.34 bits per heavy atom. The van der Waals surface area contributed by atoms with Crippen LogP contribution < -0.4 is 10.6 Å². The van der Waals surface area contributed by atoms with E-state index in [1.54, 1.807) is 28.4 Å². The highest BCUT2D eigenvalue weighted by Gasteiger charge is 2.38. The molecule has 0 aliphatic carbocycles. The fraction of sp³-hybridized carbons (Fsp3) is 0.415. The Bertz CT molecular complexity index is 2250. The van der Waals surface area contributed by atoms with Crippen LogP contribution in [0.4, 0.5) is 9.59 Å². The Kier molecular flexibility index (Phi) is 12.0. The molecule has 4 amide bonds. The standard InChI is InChI=1S/C41H48N10O7/c1-23(2)35(49-41(55)58-5)39(53)51-17-6-8-33(51)36-44-21-31(47-36)25-12-10-24(11-13-25)29-19-43-30(20-42-29)26-14-15-27-28(18-26)46-37(45-27)34-9-7-16-50(34)38(52)32(22-56-3)48-40(54)57-4/h10-15,18-21,23,32-35H,6-9,16-17,22H2,1-5H3,(H,44,47)(H,45,46)(H,48,54)(H,49,55)/t32-,33-,34-,35-/m0/s1. The maximum absolute atomic E-state index is 13.5. The lowest BCUT2D eigenvalue weighted by Crippen LogP contribution is -2.51. The number of amides is 4. The fourth-order valence-electron chi connectivity index (χ4n) is 7.70. The number of alkyl carbamates (subject to hydrolysis) is 2. The van der Waals surface area contributed by atoms with Gasteiger partial charge in [-0.1, -0.05) is 44.2 Å². The quantitative estimate of drug-likeness (QED) is 0.130. The average Bonchev–Trinajstić information content (AvgIpc) is 4.08. The number of carbonyl (C=O) groups is 4. The first kappa shape index (κ1) is 39.9. The normalized spacial score (nSPS) is 17.7. The van der Waals surface area contributed by atoms with Gasteiger partial charge in [-0.15, -0.1) is 0 Å². The number of aromatic amines is 2. The number of likely N-dealkylation sites (tertiary alicyclic amines) is 2. The third-order valence-electron chi connectivity index (χ3n) is 10.7. The van der Waals surface area contributed by atoms with Gasteiger partial charge in [-0.2, -0.15) is 0 Å². The Morgan fingerprint density at radius 3 is 1.98 bits per heavy atom. The van der Waals surface area contributed by atoms with Crippen LogP contribution >= 0.6 is 0 Å². The highest BCUT2D eigenvalue weighted by Crippen LogP contribution is 2.35. The summed E-state index contributed by atoms with van der Waals surface area (Å²) < 4.78 is 14.6. The molecular weight excluding hydrogens is 745 g/mol. The third kappa shape index (κ3) is 8.34. The van der Waals surface area contributed by atoms with E-state index >= 15 is 0 Å². The van der Waals surface area contributed by atoms with E-state index in [4.69, 9.17) is 29.2 Å². The molecule has 5 heterocycles. The summed E-state index contributed by atoms with van der Waals surface area (Å²) in [5.74, 6) is 0.844. The topological polar surface area (TPSA) is 210 Å². The number of nitrogens with one attached hydrogen (secondary N) is 4. The summed E-state index contributed by atoms with van der Waals surface area (Å²) in [6, 6.07) is 11.7. The number of ether oxygens (including phenoxy) is 3. The zero-order chi connectivity index (χ0) is 40.9. The maximum Gasteiger partial charge on any atom is 0.407 e. The number of fused-ring (bicyclic) bond motifs is 1. The Morgan fingerprint density at radius 1 is 0.741 bits per heavy atom. The van der Waals surface area contributed by atoms with Crippen LogP contribution in [0.15, 0.2) is 61.1 Å². The SMILES string of the molecule is COC[C@H](NC(=O)OC)C(=O)N1CCC[C@H]1c1nc2ccc(-c3cnc(-c4ccc(-c5cnc([C@@H]6CCCN6C(=O)[C@@H](NC(=O)OC)C(C)C)[nH]5)cc4)cn3)cc2[nH]1. The van der Waals surface area contributed by atoms with Crippen LogP contribution in [-0.4, -0.2) is 117 Å². The molecule has 2 aromatic carbocycles. The molecule has 2 aliphatic heterocycles. The van der Waals surface area contributed by atoms with Crippen LogP contribution in [0.5, 0.6) is 0 Å². The molecule has 2 fully saturated rings. The van der Waals surface area contributed by atoms with Gasteiger partial charge >= 0.3 is 12.2 Å². The highest BCUT2D eigenvalue weighted by atomic mass is 16.5. The van der Waals surface area contributed by atoms with Crippen molar-refractivity contribution in [2.24, 2.45) is 5.92 Å². The zero-order valence-electron chi connectivity index (χ0n) is 33.2. The van der Waals surface area contributed by atoms with Gasteiger partial charge in [-0.25, -0.2) is 19.6 Å². The number of aromatic nitrogens is 6. The molecule has 0 saturated carbocycles. The van der Waals surface area contributed by atoms with Crippen LogP contribution in [0.25, 0.3) is 44.8 Å². The van der Waals surface area contributed by atoms with E-state index in [2.05, 4.69) is 25.6 Å². The summed E-state index contributed by atoms with van der Waals surface area (Å²) in [5, 5.41) is 5.26. The molecule has 0 radical (unpaired) electrons. The van der Waals surface area contributed by atoms with Crippen LogP contribution in [0.2, 0.25) is 0 Å². The molecule has 304 valence electrons. The lowest BCUT2D eigenvalue weighted by molar-refractivity contribution is -0.136. The van der Waals surface area contributed by atoms with E-state index in [9.17, 15) is 19.2 Å². The number of hydrogen-bond donors (Lipinski definition) is 4. The number of rotatable bonds is 12. The van der Waals surface area contributed by atoms with E-state index in [0.29, 0.717) is 36.1 Å². The molecule has 17 heteroatoms. The van der Waals surface area contributed by atoms with Crippen LogP contribution in [-0.2, 0) is 23.8 Å². The Labute approximate surface area is 335 Å². The van der Waals surface area contributed by atoms with Crippen molar-refractivity contribution in [3.8, 4) is 33.8 Å². The molecule has 0 spiro atoms. The van der Waals surface area contributed by atoms with Gasteiger partial charge in [-0.3, -0.25) is 19.6 Å². The number of methoxy groups -OCH3 is 3. The average molecular weight is 793 g/mol. The highest BCUT2D eigenvalue weighted by molar-refractivity contribution is 5.87. The number of nitrogens with zero attached hydrogens (tertiary/aromatic N) is 6. The first-order valence-electron chi connectivity index (χ1n) is 19.3. The molecular formula is C41H48N10O7. The third-order valence-corrected chi connectivity index (χ3v) is 10.7. The number of benzene rings is 2. The minimum absolute atomic E-state index is 0.0170. The van der Waals surface area contributed by atoms with Gasteiger partial charge in [0.1, 0.15) is 23.7 Å². The van der Waals surface area contributed by atoms with E-state index in [-0.39, 0.29) is 36.4 Å². The van der Waals surface area contributed by atoms with Gasteiger partial charge in [0.25, 0.3) is 0 Å². The summed E-state index contributed by atoms with van der Waals surface area (Å²) in [7, 11) is 4.01. The largest absolute Gasteiger partial charge is 0.453 e. The van der Waals surface area contributed by atoms with E-state index < -0.39 is 24.3 Å².